The Labute approximate surface area is 337 Å². The van der Waals surface area contributed by atoms with Crippen LogP contribution in [0.2, 0.25) is 0 Å². The molecular formula is C35H68F2N7O10P3. The molecule has 0 bridgehead atoms. The summed E-state index contributed by atoms with van der Waals surface area (Å²) < 4.78 is 69.9. The second-order valence-electron chi connectivity index (χ2n) is 14.2. The predicted octanol–water partition coefficient (Wildman–Crippen LogP) is 9.40. The van der Waals surface area contributed by atoms with Gasteiger partial charge >= 0.3 is 34.9 Å². The van der Waals surface area contributed by atoms with Gasteiger partial charge in [-0.15, -0.1) is 0 Å². The number of ether oxygens (including phenoxy) is 1. The zero-order chi connectivity index (χ0) is 43.1. The van der Waals surface area contributed by atoms with Gasteiger partial charge in [-0.05, 0) is 90.2 Å². The first-order valence-corrected chi connectivity index (χ1v) is 24.6. The molecule has 3 N–H and O–H groups in total. The van der Waals surface area contributed by atoms with E-state index in [1.807, 2.05) is 0 Å². The van der Waals surface area contributed by atoms with Gasteiger partial charge in [0.25, 0.3) is 5.56 Å². The molecule has 1 aromatic heterocycles. The summed E-state index contributed by atoms with van der Waals surface area (Å²) >= 11 is 0. The molecule has 2 saturated heterocycles. The normalized spacial score (nSPS) is 25.4. The molecule has 332 valence electrons. The number of unbranched alkanes of at least 4 members (excludes halogenated alkanes) is 6. The standard InChI is InChI=1S/2C12H27N.C11H14F2N5O10P3/c2*1-4-7-10-13(11-8-5-2)12-9-6-3;1-5-3-18(10(20)15-9(5)19)8-2-6(16-17-14)7(26-8)4-25-29-27-30(21,22)11(12,13)31(23,24)28-29/h2*4-12H2,1-3H3;3,6-8H,2,4H2,1H3,(H,21,22)(H,23,24)(H,15,19,20)/t;;6-,7+,8+/m..0/s1. The maximum atomic E-state index is 13.5. The van der Waals surface area contributed by atoms with Crippen molar-refractivity contribution >= 4 is 23.8 Å². The Morgan fingerprint density at radius 1 is 0.877 bits per heavy atom. The van der Waals surface area contributed by atoms with Gasteiger partial charge in [0, 0.05) is 23.1 Å². The maximum absolute atomic E-state index is 13.5. The van der Waals surface area contributed by atoms with Crippen molar-refractivity contribution < 1.29 is 45.6 Å². The molecule has 0 aromatic carbocycles. The van der Waals surface area contributed by atoms with E-state index in [2.05, 4.69) is 75.0 Å². The Kier molecular flexibility index (Phi) is 26.3. The van der Waals surface area contributed by atoms with Gasteiger partial charge in [-0.25, -0.2) is 13.4 Å². The summed E-state index contributed by atoms with van der Waals surface area (Å²) in [6, 6.07) is -0.961. The number of hydrogen-bond acceptors (Lipinski definition) is 11. The van der Waals surface area contributed by atoms with Crippen LogP contribution in [0, 0.1) is 6.92 Å². The number of halogens is 2. The largest absolute Gasteiger partial charge is 0.444 e. The molecule has 2 aliphatic rings. The minimum Gasteiger partial charge on any atom is -0.352 e. The van der Waals surface area contributed by atoms with E-state index in [0.29, 0.717) is 0 Å². The van der Waals surface area contributed by atoms with Crippen LogP contribution < -0.4 is 11.2 Å². The fourth-order valence-corrected chi connectivity index (χ4v) is 10.8. The summed E-state index contributed by atoms with van der Waals surface area (Å²) in [5, 5.41) is -1.57. The predicted molar refractivity (Wildman–Crippen MR) is 219 cm³/mol. The number of aryl methyl sites for hydroxylation is 1. The highest BCUT2D eigenvalue weighted by atomic mass is 31.3. The molecule has 22 heteroatoms. The van der Waals surface area contributed by atoms with Gasteiger partial charge < -0.3 is 28.8 Å². The van der Waals surface area contributed by atoms with Crippen molar-refractivity contribution in [2.75, 3.05) is 45.9 Å². The third-order valence-corrected chi connectivity index (χ3v) is 15.3. The molecule has 3 rings (SSSR count). The van der Waals surface area contributed by atoms with Crippen molar-refractivity contribution in [2.24, 2.45) is 5.11 Å². The quantitative estimate of drug-likeness (QED) is 0.0405. The van der Waals surface area contributed by atoms with Crippen molar-refractivity contribution in [3.8, 4) is 0 Å². The number of aromatic amines is 1. The van der Waals surface area contributed by atoms with Gasteiger partial charge in [0.2, 0.25) is 0 Å². The average Bonchev–Trinajstić information content (AvgIpc) is 3.56. The number of nitrogens with one attached hydrogen (secondary N) is 1. The lowest BCUT2D eigenvalue weighted by molar-refractivity contribution is -0.0247. The smallest absolute Gasteiger partial charge is 0.352 e. The van der Waals surface area contributed by atoms with Crippen LogP contribution in [0.5, 0.6) is 0 Å². The third-order valence-electron chi connectivity index (χ3n) is 9.21. The van der Waals surface area contributed by atoms with E-state index in [1.54, 1.807) is 0 Å². The van der Waals surface area contributed by atoms with E-state index in [-0.39, 0.29) is 12.0 Å². The molecule has 5 atom stereocenters. The molecule has 0 saturated carbocycles. The van der Waals surface area contributed by atoms with Crippen LogP contribution in [0.1, 0.15) is 137 Å². The molecule has 2 fully saturated rings. The summed E-state index contributed by atoms with van der Waals surface area (Å²) in [6.45, 7) is 22.3. The van der Waals surface area contributed by atoms with Crippen LogP contribution in [0.3, 0.4) is 0 Å². The lowest BCUT2D eigenvalue weighted by Gasteiger charge is -2.33. The number of hydrogen-bond donors (Lipinski definition) is 3. The van der Waals surface area contributed by atoms with Crippen molar-refractivity contribution in [1.29, 1.82) is 0 Å². The molecule has 57 heavy (non-hydrogen) atoms. The molecule has 17 nitrogen and oxygen atoms in total. The number of nitrogens with zero attached hydrogens (tertiary/aromatic N) is 6. The Hall–Kier alpha value is -1.58. The molecule has 0 amide bonds. The highest BCUT2D eigenvalue weighted by Gasteiger charge is 2.72. The van der Waals surface area contributed by atoms with Gasteiger partial charge in [0.05, 0.1) is 18.8 Å². The van der Waals surface area contributed by atoms with Gasteiger partial charge in [0.1, 0.15) is 6.23 Å². The van der Waals surface area contributed by atoms with Gasteiger partial charge in [-0.3, -0.25) is 23.5 Å². The van der Waals surface area contributed by atoms with Gasteiger partial charge in [0.15, 0.2) is 0 Å². The average molecular weight is 878 g/mol. The Morgan fingerprint density at radius 2 is 1.28 bits per heavy atom. The molecule has 2 aliphatic heterocycles. The summed E-state index contributed by atoms with van der Waals surface area (Å²) in [5.74, 6) is 0. The van der Waals surface area contributed by atoms with Crippen molar-refractivity contribution in [2.45, 2.75) is 156 Å². The summed E-state index contributed by atoms with van der Waals surface area (Å²) in [6.07, 6.45) is 15.2. The first-order valence-electron chi connectivity index (χ1n) is 20.3. The number of azide groups is 1. The van der Waals surface area contributed by atoms with Crippen LogP contribution in [0.4, 0.5) is 8.78 Å². The molecular weight excluding hydrogens is 809 g/mol. The van der Waals surface area contributed by atoms with Crippen molar-refractivity contribution in [1.82, 2.24) is 19.4 Å². The fourth-order valence-electron chi connectivity index (χ4n) is 5.62. The minimum atomic E-state index is -5.90. The number of rotatable bonds is 23. The zero-order valence-electron chi connectivity index (χ0n) is 34.9. The van der Waals surface area contributed by atoms with E-state index < -0.39 is 65.4 Å². The Balaban J connectivity index is 0.000000517. The molecule has 0 radical (unpaired) electrons. The SMILES string of the molecule is CCCCN(CCCC)CCCC.CCCCN(CCCC)CCCC.Cc1cn([C@H]2C[C@H](N=[N+]=[N-])[C@@H](COP3OP(=O)(O)C(F)(F)P(=O)(O)O3)O2)c(=O)[nH]c1=O. The van der Waals surface area contributed by atoms with E-state index in [9.17, 15) is 37.3 Å². The number of aromatic nitrogens is 2. The van der Waals surface area contributed by atoms with Crippen LogP contribution in [-0.4, -0.2) is 92.6 Å². The first kappa shape index (κ1) is 53.4. The van der Waals surface area contributed by atoms with E-state index in [1.165, 1.54) is 129 Å². The van der Waals surface area contributed by atoms with Gasteiger partial charge in [-0.1, -0.05) is 85.2 Å². The topological polar surface area (TPSA) is 222 Å². The van der Waals surface area contributed by atoms with E-state index >= 15 is 0 Å². The highest BCUT2D eigenvalue weighted by molar-refractivity contribution is 7.81. The molecule has 1 aromatic rings. The highest BCUT2D eigenvalue weighted by Crippen LogP contribution is 2.86. The number of H-pyrrole nitrogens is 1. The molecule has 0 aliphatic carbocycles. The van der Waals surface area contributed by atoms with Crippen LogP contribution in [0.15, 0.2) is 20.9 Å². The lowest BCUT2D eigenvalue weighted by Crippen LogP contribution is -2.33. The van der Waals surface area contributed by atoms with Crippen LogP contribution in [-0.2, 0) is 27.0 Å². The first-order chi connectivity index (χ1) is 27.0. The maximum Gasteiger partial charge on any atom is 0.444 e. The lowest BCUT2D eigenvalue weighted by atomic mass is 10.1. The Morgan fingerprint density at radius 3 is 1.65 bits per heavy atom. The zero-order valence-corrected chi connectivity index (χ0v) is 37.6. The van der Waals surface area contributed by atoms with Crippen molar-refractivity contribution in [3.05, 3.63) is 43.0 Å². The summed E-state index contributed by atoms with van der Waals surface area (Å²) in [4.78, 5) is 52.0. The van der Waals surface area contributed by atoms with Gasteiger partial charge in [-0.2, -0.15) is 8.78 Å². The van der Waals surface area contributed by atoms with Crippen LogP contribution in [0.25, 0.3) is 10.4 Å². The van der Waals surface area contributed by atoms with Crippen LogP contribution >= 0.6 is 23.8 Å². The molecule has 3 heterocycles. The van der Waals surface area contributed by atoms with Crippen molar-refractivity contribution in [3.63, 3.8) is 0 Å². The monoisotopic (exact) mass is 877 g/mol. The number of alkyl halides is 2. The second-order valence-corrected chi connectivity index (χ2v) is 19.7. The minimum absolute atomic E-state index is 0.0574. The summed E-state index contributed by atoms with van der Waals surface area (Å²) in [7, 11) is -15.0. The second kappa shape index (κ2) is 28.0. The molecule has 2 unspecified atom stereocenters. The fraction of sp³-hybridized carbons (Fsp3) is 0.886. The van der Waals surface area contributed by atoms with E-state index in [4.69, 9.17) is 14.8 Å². The van der Waals surface area contributed by atoms with E-state index in [0.717, 1.165) is 4.57 Å². The Bertz CT molecular complexity index is 1460. The third kappa shape index (κ3) is 18.3. The molecule has 0 spiro atoms. The summed E-state index contributed by atoms with van der Waals surface area (Å²) in [5.41, 5.74) is 7.49.